The van der Waals surface area contributed by atoms with Gasteiger partial charge in [-0.1, -0.05) is 15.9 Å². The van der Waals surface area contributed by atoms with Crippen LogP contribution in [0.15, 0.2) is 33.6 Å². The van der Waals surface area contributed by atoms with Gasteiger partial charge >= 0.3 is 0 Å². The number of rotatable bonds is 2. The lowest BCUT2D eigenvalue weighted by Crippen LogP contribution is -2.57. The summed E-state index contributed by atoms with van der Waals surface area (Å²) in [6.07, 6.45) is 0. The molecule has 82 valence electrons. The smallest absolute Gasteiger partial charge is 0.243 e. The highest BCUT2D eigenvalue weighted by atomic mass is 79.9. The van der Waals surface area contributed by atoms with E-state index in [9.17, 15) is 8.42 Å². The Hall–Kier alpha value is -0.430. The molecule has 15 heavy (non-hydrogen) atoms. The van der Waals surface area contributed by atoms with Crippen LogP contribution in [0.5, 0.6) is 0 Å². The average molecular weight is 291 g/mol. The van der Waals surface area contributed by atoms with Crippen LogP contribution in [0.25, 0.3) is 0 Å². The highest BCUT2D eigenvalue weighted by Gasteiger charge is 2.34. The summed E-state index contributed by atoms with van der Waals surface area (Å²) >= 11 is 3.26. The molecule has 1 saturated heterocycles. The molecule has 0 bridgehead atoms. The van der Waals surface area contributed by atoms with Crippen LogP contribution in [0.3, 0.4) is 0 Å². The van der Waals surface area contributed by atoms with Gasteiger partial charge in [0.15, 0.2) is 0 Å². The van der Waals surface area contributed by atoms with Gasteiger partial charge in [-0.25, -0.2) is 8.42 Å². The van der Waals surface area contributed by atoms with E-state index in [4.69, 9.17) is 5.73 Å². The molecule has 1 aliphatic rings. The normalized spacial score (nSPS) is 18.8. The first-order valence-electron chi connectivity index (χ1n) is 4.51. The minimum atomic E-state index is -3.32. The van der Waals surface area contributed by atoms with Crippen LogP contribution in [0.4, 0.5) is 0 Å². The molecule has 0 radical (unpaired) electrons. The summed E-state index contributed by atoms with van der Waals surface area (Å²) in [5.41, 5.74) is 5.55. The lowest BCUT2D eigenvalue weighted by Gasteiger charge is -2.35. The van der Waals surface area contributed by atoms with Crippen molar-refractivity contribution in [2.45, 2.75) is 10.9 Å². The first-order valence-corrected chi connectivity index (χ1v) is 6.75. The van der Waals surface area contributed by atoms with Crippen LogP contribution < -0.4 is 5.73 Å². The molecule has 1 aliphatic heterocycles. The summed E-state index contributed by atoms with van der Waals surface area (Å²) in [5, 5.41) is 0. The van der Waals surface area contributed by atoms with Crippen molar-refractivity contribution >= 4 is 26.0 Å². The van der Waals surface area contributed by atoms with Crippen molar-refractivity contribution in [1.29, 1.82) is 0 Å². The van der Waals surface area contributed by atoms with Crippen molar-refractivity contribution in [1.82, 2.24) is 4.31 Å². The third kappa shape index (κ3) is 2.08. The third-order valence-corrected chi connectivity index (χ3v) is 4.70. The van der Waals surface area contributed by atoms with E-state index in [-0.39, 0.29) is 6.04 Å². The molecule has 1 aromatic rings. The molecule has 6 heteroatoms. The zero-order chi connectivity index (χ0) is 11.1. The Balaban J connectivity index is 2.26. The predicted molar refractivity (Wildman–Crippen MR) is 60.9 cm³/mol. The Kier molecular flexibility index (Phi) is 2.85. The van der Waals surface area contributed by atoms with Crippen LogP contribution in [-0.2, 0) is 10.0 Å². The number of hydrogen-bond donors (Lipinski definition) is 1. The fraction of sp³-hybridized carbons (Fsp3) is 0.333. The molecule has 2 N–H and O–H groups in total. The van der Waals surface area contributed by atoms with E-state index in [2.05, 4.69) is 15.9 Å². The summed E-state index contributed by atoms with van der Waals surface area (Å²) in [4.78, 5) is 0.317. The molecule has 4 nitrogen and oxygen atoms in total. The van der Waals surface area contributed by atoms with Gasteiger partial charge in [0.2, 0.25) is 10.0 Å². The van der Waals surface area contributed by atoms with Gasteiger partial charge < -0.3 is 5.73 Å². The highest BCUT2D eigenvalue weighted by molar-refractivity contribution is 9.10. The molecule has 0 spiro atoms. The molecule has 0 aliphatic carbocycles. The number of hydrogen-bond acceptors (Lipinski definition) is 3. The second kappa shape index (κ2) is 3.86. The van der Waals surface area contributed by atoms with E-state index >= 15 is 0 Å². The summed E-state index contributed by atoms with van der Waals surface area (Å²) < 4.78 is 26.1. The van der Waals surface area contributed by atoms with Crippen molar-refractivity contribution in [3.05, 3.63) is 28.7 Å². The van der Waals surface area contributed by atoms with Crippen LogP contribution >= 0.6 is 15.9 Å². The quantitative estimate of drug-likeness (QED) is 0.876. The molecule has 1 fully saturated rings. The first-order chi connectivity index (χ1) is 7.00. The van der Waals surface area contributed by atoms with Crippen LogP contribution in [0.2, 0.25) is 0 Å². The number of sulfonamides is 1. The molecule has 0 atom stereocenters. The first kappa shape index (κ1) is 11.1. The van der Waals surface area contributed by atoms with Gasteiger partial charge in [-0.3, -0.25) is 0 Å². The van der Waals surface area contributed by atoms with Crippen molar-refractivity contribution in [2.75, 3.05) is 13.1 Å². The maximum Gasteiger partial charge on any atom is 0.243 e. The Morgan fingerprint density at radius 1 is 1.27 bits per heavy atom. The zero-order valence-electron chi connectivity index (χ0n) is 7.93. The molecule has 1 aromatic carbocycles. The number of benzene rings is 1. The van der Waals surface area contributed by atoms with Crippen molar-refractivity contribution in [3.63, 3.8) is 0 Å². The minimum absolute atomic E-state index is 0.0183. The number of nitrogens with two attached hydrogens (primary N) is 1. The summed E-state index contributed by atoms with van der Waals surface area (Å²) in [5.74, 6) is 0. The second-order valence-corrected chi connectivity index (χ2v) is 6.39. The SMILES string of the molecule is NC1CN(S(=O)(=O)c2ccc(Br)cc2)C1. The van der Waals surface area contributed by atoms with E-state index in [1.54, 1.807) is 24.3 Å². The molecule has 0 saturated carbocycles. The largest absolute Gasteiger partial charge is 0.325 e. The highest BCUT2D eigenvalue weighted by Crippen LogP contribution is 2.22. The average Bonchev–Trinajstić information content (AvgIpc) is 2.13. The standard InChI is InChI=1S/C9H11BrN2O2S/c10-7-1-3-9(4-2-7)15(13,14)12-5-8(11)6-12/h1-4,8H,5-6,11H2. The maximum absolute atomic E-state index is 11.9. The van der Waals surface area contributed by atoms with Crippen molar-refractivity contribution in [2.24, 2.45) is 5.73 Å². The van der Waals surface area contributed by atoms with Gasteiger partial charge in [-0.05, 0) is 24.3 Å². The summed E-state index contributed by atoms with van der Waals surface area (Å²) in [6, 6.07) is 6.58. The Bertz CT molecular complexity index is 452. The lowest BCUT2D eigenvalue weighted by atomic mass is 10.2. The van der Waals surface area contributed by atoms with E-state index < -0.39 is 10.0 Å². The molecular formula is C9H11BrN2O2S. The fourth-order valence-corrected chi connectivity index (χ4v) is 3.24. The second-order valence-electron chi connectivity index (χ2n) is 3.54. The van der Waals surface area contributed by atoms with Gasteiger partial charge in [-0.15, -0.1) is 0 Å². The van der Waals surface area contributed by atoms with Gasteiger partial charge in [0.1, 0.15) is 0 Å². The van der Waals surface area contributed by atoms with Crippen LogP contribution in [-0.4, -0.2) is 31.9 Å². The molecule has 2 rings (SSSR count). The monoisotopic (exact) mass is 290 g/mol. The van der Waals surface area contributed by atoms with Crippen molar-refractivity contribution < 1.29 is 8.42 Å². The van der Waals surface area contributed by atoms with E-state index in [1.165, 1.54) is 4.31 Å². The molecular weight excluding hydrogens is 280 g/mol. The number of nitrogens with zero attached hydrogens (tertiary/aromatic N) is 1. The predicted octanol–water partition coefficient (Wildman–Crippen LogP) is 0.781. The van der Waals surface area contributed by atoms with Gasteiger partial charge in [0, 0.05) is 23.6 Å². The fourth-order valence-electron chi connectivity index (χ4n) is 1.42. The van der Waals surface area contributed by atoms with Gasteiger partial charge in [0.05, 0.1) is 4.90 Å². The molecule has 0 unspecified atom stereocenters. The Morgan fingerprint density at radius 3 is 2.27 bits per heavy atom. The van der Waals surface area contributed by atoms with E-state index in [0.29, 0.717) is 18.0 Å². The topological polar surface area (TPSA) is 63.4 Å². The van der Waals surface area contributed by atoms with Crippen LogP contribution in [0.1, 0.15) is 0 Å². The zero-order valence-corrected chi connectivity index (χ0v) is 10.3. The summed E-state index contributed by atoms with van der Waals surface area (Å²) in [7, 11) is -3.32. The molecule has 0 amide bonds. The third-order valence-electron chi connectivity index (χ3n) is 2.33. The van der Waals surface area contributed by atoms with Crippen molar-refractivity contribution in [3.8, 4) is 0 Å². The molecule has 0 aromatic heterocycles. The molecule has 1 heterocycles. The Labute approximate surface area is 97.2 Å². The Morgan fingerprint density at radius 2 is 1.80 bits per heavy atom. The van der Waals surface area contributed by atoms with Gasteiger partial charge in [0.25, 0.3) is 0 Å². The lowest BCUT2D eigenvalue weighted by molar-refractivity contribution is 0.265. The maximum atomic E-state index is 11.9. The van der Waals surface area contributed by atoms with E-state index in [0.717, 1.165) is 4.47 Å². The summed E-state index contributed by atoms with van der Waals surface area (Å²) in [6.45, 7) is 0.830. The minimum Gasteiger partial charge on any atom is -0.325 e. The number of halogens is 1. The van der Waals surface area contributed by atoms with Gasteiger partial charge in [-0.2, -0.15) is 4.31 Å². The van der Waals surface area contributed by atoms with E-state index in [1.807, 2.05) is 0 Å². The van der Waals surface area contributed by atoms with Crippen LogP contribution in [0, 0.1) is 0 Å².